The number of benzene rings is 1. The number of halogens is 2. The Balaban J connectivity index is 2.09. The number of aliphatic hydroxyl groups is 1. The SMILES string of the molecule is NCC(c1ccc(F)c(F)c1)C1CCC(CO)CC1. The lowest BCUT2D eigenvalue weighted by molar-refractivity contribution is 0.158. The van der Waals surface area contributed by atoms with Gasteiger partial charge in [0.05, 0.1) is 0 Å². The van der Waals surface area contributed by atoms with Crippen molar-refractivity contribution in [1.29, 1.82) is 0 Å². The van der Waals surface area contributed by atoms with Crippen LogP contribution in [0.5, 0.6) is 0 Å². The monoisotopic (exact) mass is 269 g/mol. The van der Waals surface area contributed by atoms with Gasteiger partial charge in [0.1, 0.15) is 0 Å². The Morgan fingerprint density at radius 3 is 2.37 bits per heavy atom. The van der Waals surface area contributed by atoms with Crippen LogP contribution in [0.3, 0.4) is 0 Å². The summed E-state index contributed by atoms with van der Waals surface area (Å²) >= 11 is 0. The summed E-state index contributed by atoms with van der Waals surface area (Å²) in [7, 11) is 0. The smallest absolute Gasteiger partial charge is 0.159 e. The highest BCUT2D eigenvalue weighted by Gasteiger charge is 2.28. The molecule has 1 atom stereocenters. The number of hydrogen-bond acceptors (Lipinski definition) is 2. The molecule has 1 fully saturated rings. The van der Waals surface area contributed by atoms with E-state index in [1.807, 2.05) is 0 Å². The van der Waals surface area contributed by atoms with Gasteiger partial charge in [-0.1, -0.05) is 6.07 Å². The zero-order chi connectivity index (χ0) is 13.8. The average Bonchev–Trinajstić information content (AvgIpc) is 2.44. The Hall–Kier alpha value is -1.00. The van der Waals surface area contributed by atoms with Crippen molar-refractivity contribution >= 4 is 0 Å². The van der Waals surface area contributed by atoms with E-state index < -0.39 is 11.6 Å². The van der Waals surface area contributed by atoms with Crippen LogP contribution in [0.15, 0.2) is 18.2 Å². The Kier molecular flexibility index (Phi) is 4.88. The number of nitrogens with two attached hydrogens (primary N) is 1. The quantitative estimate of drug-likeness (QED) is 0.883. The van der Waals surface area contributed by atoms with Gasteiger partial charge in [0.2, 0.25) is 0 Å². The Morgan fingerprint density at radius 1 is 1.16 bits per heavy atom. The summed E-state index contributed by atoms with van der Waals surface area (Å²) in [6.07, 6.45) is 3.96. The highest BCUT2D eigenvalue weighted by Crippen LogP contribution is 2.37. The van der Waals surface area contributed by atoms with Gasteiger partial charge in [-0.25, -0.2) is 8.78 Å². The van der Waals surface area contributed by atoms with Crippen LogP contribution in [0.4, 0.5) is 8.78 Å². The molecule has 2 rings (SSSR count). The van der Waals surface area contributed by atoms with Crippen molar-refractivity contribution in [3.05, 3.63) is 35.4 Å². The molecule has 106 valence electrons. The predicted molar refractivity (Wildman–Crippen MR) is 70.7 cm³/mol. The van der Waals surface area contributed by atoms with Gasteiger partial charge in [0, 0.05) is 6.61 Å². The summed E-state index contributed by atoms with van der Waals surface area (Å²) in [5.74, 6) is -0.754. The average molecular weight is 269 g/mol. The normalized spacial score (nSPS) is 25.3. The lowest BCUT2D eigenvalue weighted by atomic mass is 9.73. The van der Waals surface area contributed by atoms with Gasteiger partial charge in [-0.3, -0.25) is 0 Å². The molecule has 0 radical (unpaired) electrons. The molecule has 4 heteroatoms. The Bertz CT molecular complexity index is 417. The first-order valence-electron chi connectivity index (χ1n) is 6.91. The third kappa shape index (κ3) is 3.31. The molecular formula is C15H21F2NO. The van der Waals surface area contributed by atoms with Gasteiger partial charge in [-0.15, -0.1) is 0 Å². The standard InChI is InChI=1S/C15H21F2NO/c16-14-6-5-12(7-15(14)17)13(8-18)11-3-1-10(9-19)2-4-11/h5-7,10-11,13,19H,1-4,8-9,18H2. The van der Waals surface area contributed by atoms with Crippen molar-refractivity contribution in [3.63, 3.8) is 0 Å². The van der Waals surface area contributed by atoms with Gasteiger partial charge < -0.3 is 10.8 Å². The minimum atomic E-state index is -0.816. The topological polar surface area (TPSA) is 46.2 Å². The second-order valence-corrected chi connectivity index (χ2v) is 5.48. The molecule has 0 spiro atoms. The number of aliphatic hydroxyl groups excluding tert-OH is 1. The second-order valence-electron chi connectivity index (χ2n) is 5.48. The molecule has 0 bridgehead atoms. The molecule has 1 saturated carbocycles. The van der Waals surface area contributed by atoms with E-state index in [4.69, 9.17) is 10.8 Å². The van der Waals surface area contributed by atoms with Gasteiger partial charge in [-0.05, 0) is 67.7 Å². The zero-order valence-corrected chi connectivity index (χ0v) is 11.0. The number of hydrogen-bond donors (Lipinski definition) is 2. The van der Waals surface area contributed by atoms with E-state index in [2.05, 4.69) is 0 Å². The van der Waals surface area contributed by atoms with Crippen LogP contribution in [0.25, 0.3) is 0 Å². The minimum absolute atomic E-state index is 0.0785. The molecule has 2 nitrogen and oxygen atoms in total. The van der Waals surface area contributed by atoms with Crippen molar-refractivity contribution in [3.8, 4) is 0 Å². The van der Waals surface area contributed by atoms with Crippen molar-refractivity contribution in [1.82, 2.24) is 0 Å². The van der Waals surface area contributed by atoms with Crippen molar-refractivity contribution in [2.24, 2.45) is 17.6 Å². The first kappa shape index (κ1) is 14.4. The van der Waals surface area contributed by atoms with Crippen LogP contribution in [-0.2, 0) is 0 Å². The lowest BCUT2D eigenvalue weighted by Gasteiger charge is -2.33. The molecular weight excluding hydrogens is 248 g/mol. The van der Waals surface area contributed by atoms with Gasteiger partial charge in [0.15, 0.2) is 11.6 Å². The molecule has 0 aromatic heterocycles. The fourth-order valence-corrected chi connectivity index (χ4v) is 3.12. The Morgan fingerprint density at radius 2 is 1.84 bits per heavy atom. The van der Waals surface area contributed by atoms with E-state index in [0.717, 1.165) is 31.2 Å². The second kappa shape index (κ2) is 6.44. The highest BCUT2D eigenvalue weighted by atomic mass is 19.2. The third-order valence-corrected chi connectivity index (χ3v) is 4.34. The van der Waals surface area contributed by atoms with E-state index in [9.17, 15) is 8.78 Å². The minimum Gasteiger partial charge on any atom is -0.396 e. The molecule has 0 amide bonds. The molecule has 1 aliphatic rings. The summed E-state index contributed by atoms with van der Waals surface area (Å²) in [5.41, 5.74) is 6.61. The van der Waals surface area contributed by atoms with Gasteiger partial charge in [-0.2, -0.15) is 0 Å². The van der Waals surface area contributed by atoms with Crippen LogP contribution in [-0.4, -0.2) is 18.3 Å². The van der Waals surface area contributed by atoms with E-state index in [1.54, 1.807) is 6.07 Å². The van der Waals surface area contributed by atoms with E-state index in [0.29, 0.717) is 18.4 Å². The van der Waals surface area contributed by atoms with E-state index >= 15 is 0 Å². The highest BCUT2D eigenvalue weighted by molar-refractivity contribution is 5.23. The summed E-state index contributed by atoms with van der Waals surface area (Å²) in [6.45, 7) is 0.685. The molecule has 1 aliphatic carbocycles. The molecule has 0 aliphatic heterocycles. The van der Waals surface area contributed by atoms with Crippen molar-refractivity contribution in [2.75, 3.05) is 13.2 Å². The van der Waals surface area contributed by atoms with Crippen molar-refractivity contribution < 1.29 is 13.9 Å². The summed E-state index contributed by atoms with van der Waals surface area (Å²) in [5, 5.41) is 9.14. The van der Waals surface area contributed by atoms with Crippen molar-refractivity contribution in [2.45, 2.75) is 31.6 Å². The van der Waals surface area contributed by atoms with Crippen LogP contribution in [0, 0.1) is 23.5 Å². The Labute approximate surface area is 112 Å². The molecule has 19 heavy (non-hydrogen) atoms. The van der Waals surface area contributed by atoms with E-state index in [1.165, 1.54) is 12.1 Å². The first-order chi connectivity index (χ1) is 9.15. The third-order valence-electron chi connectivity index (χ3n) is 4.34. The largest absolute Gasteiger partial charge is 0.396 e. The zero-order valence-electron chi connectivity index (χ0n) is 11.0. The fourth-order valence-electron chi connectivity index (χ4n) is 3.12. The van der Waals surface area contributed by atoms with Crippen LogP contribution in [0.1, 0.15) is 37.2 Å². The maximum atomic E-state index is 13.3. The van der Waals surface area contributed by atoms with E-state index in [-0.39, 0.29) is 12.5 Å². The van der Waals surface area contributed by atoms with Crippen LogP contribution >= 0.6 is 0 Å². The molecule has 1 aromatic carbocycles. The maximum absolute atomic E-state index is 13.3. The molecule has 0 saturated heterocycles. The molecule has 0 heterocycles. The van der Waals surface area contributed by atoms with Crippen LogP contribution < -0.4 is 5.73 Å². The lowest BCUT2D eigenvalue weighted by Crippen LogP contribution is -2.27. The maximum Gasteiger partial charge on any atom is 0.159 e. The summed E-state index contributed by atoms with van der Waals surface area (Å²) in [4.78, 5) is 0. The summed E-state index contributed by atoms with van der Waals surface area (Å²) in [6, 6.07) is 4.08. The fraction of sp³-hybridized carbons (Fsp3) is 0.600. The first-order valence-corrected chi connectivity index (χ1v) is 6.91. The molecule has 1 aromatic rings. The molecule has 3 N–H and O–H groups in total. The van der Waals surface area contributed by atoms with Gasteiger partial charge >= 0.3 is 0 Å². The predicted octanol–water partition coefficient (Wildman–Crippen LogP) is 2.81. The number of rotatable bonds is 4. The van der Waals surface area contributed by atoms with Gasteiger partial charge in [0.25, 0.3) is 0 Å². The van der Waals surface area contributed by atoms with Crippen LogP contribution in [0.2, 0.25) is 0 Å². The molecule has 1 unspecified atom stereocenters. The summed E-state index contributed by atoms with van der Waals surface area (Å²) < 4.78 is 26.3.